The first kappa shape index (κ1) is 21.3. The van der Waals surface area contributed by atoms with Crippen molar-refractivity contribution in [1.29, 1.82) is 0 Å². The molecule has 10 heteroatoms. The number of hydrogen-bond acceptors (Lipinski definition) is 4. The summed E-state index contributed by atoms with van der Waals surface area (Å²) < 4.78 is 27.2. The van der Waals surface area contributed by atoms with Crippen LogP contribution < -0.4 is 5.32 Å². The largest absolute Gasteiger partial charge is 0.368 e. The van der Waals surface area contributed by atoms with E-state index in [-0.39, 0.29) is 12.2 Å². The zero-order valence-corrected chi connectivity index (χ0v) is 17.2. The van der Waals surface area contributed by atoms with Crippen LogP contribution in [-0.4, -0.2) is 54.3 Å². The maximum Gasteiger partial charge on any atom is 0.239 e. The first-order valence-corrected chi connectivity index (χ1v) is 9.01. The number of rotatable bonds is 5. The maximum absolute atomic E-state index is 13.8. The number of likely N-dealkylation sites (tertiary alicyclic amines) is 1. The Morgan fingerprint density at radius 2 is 2.07 bits per heavy atom. The van der Waals surface area contributed by atoms with E-state index in [1.807, 2.05) is 0 Å². The summed E-state index contributed by atoms with van der Waals surface area (Å²) in [5, 5.41) is 2.62. The lowest BCUT2D eigenvalue weighted by molar-refractivity contribution is -0.135. The van der Waals surface area contributed by atoms with Gasteiger partial charge in [-0.15, -0.1) is 0 Å². The van der Waals surface area contributed by atoms with E-state index >= 15 is 0 Å². The third kappa shape index (κ3) is 4.47. The molecule has 1 aliphatic rings. The van der Waals surface area contributed by atoms with E-state index in [1.165, 1.54) is 4.90 Å². The van der Waals surface area contributed by atoms with Crippen molar-refractivity contribution in [1.82, 2.24) is 14.8 Å². The van der Waals surface area contributed by atoms with E-state index in [9.17, 15) is 18.4 Å². The number of hydrogen-bond donors (Lipinski definition) is 1. The molecule has 6 nitrogen and oxygen atoms in total. The summed E-state index contributed by atoms with van der Waals surface area (Å²) >= 11 is 9.65. The van der Waals surface area contributed by atoms with Crippen molar-refractivity contribution < 1.29 is 18.4 Å². The zero-order valence-electron chi connectivity index (χ0n) is 14.9. The second-order valence-electron chi connectivity index (χ2n) is 6.27. The third-order valence-electron chi connectivity index (χ3n) is 4.15. The van der Waals surface area contributed by atoms with Gasteiger partial charge in [0.05, 0.1) is 5.69 Å². The predicted octanol–water partition coefficient (Wildman–Crippen LogP) is 2.92. The standard InChI is InChI=1S/C17H18BrClF2N4O2/c1-8(18)12(14(19)24(2)3)9-7-25(4)17(27)13(9)16(26)22-10-5-6-11(20)23-15(10)21/h5-6,9,13H,1,7H2,2-4H3,(H,22,26)/b14-12+/t9-,13+/m1/s1. The molecular weight excluding hydrogens is 446 g/mol. The highest BCUT2D eigenvalue weighted by molar-refractivity contribution is 9.11. The molecule has 1 fully saturated rings. The highest BCUT2D eigenvalue weighted by atomic mass is 79.9. The second-order valence-corrected chi connectivity index (χ2v) is 7.58. The lowest BCUT2D eigenvalue weighted by atomic mass is 9.87. The van der Waals surface area contributed by atoms with Crippen molar-refractivity contribution in [2.24, 2.45) is 11.8 Å². The number of aromatic nitrogens is 1. The van der Waals surface area contributed by atoms with Crippen molar-refractivity contribution in [2.45, 2.75) is 0 Å². The molecule has 0 bridgehead atoms. The molecule has 0 saturated carbocycles. The molecule has 1 saturated heterocycles. The van der Waals surface area contributed by atoms with E-state index in [2.05, 4.69) is 32.8 Å². The summed E-state index contributed by atoms with van der Waals surface area (Å²) in [6.45, 7) is 4.06. The fourth-order valence-electron chi connectivity index (χ4n) is 2.88. The molecule has 0 aromatic carbocycles. The van der Waals surface area contributed by atoms with Crippen molar-refractivity contribution in [3.8, 4) is 0 Å². The smallest absolute Gasteiger partial charge is 0.239 e. The molecule has 0 spiro atoms. The Kier molecular flexibility index (Phi) is 6.59. The average molecular weight is 464 g/mol. The van der Waals surface area contributed by atoms with E-state index in [0.29, 0.717) is 15.2 Å². The van der Waals surface area contributed by atoms with E-state index < -0.39 is 35.5 Å². The molecule has 1 aromatic rings. The molecule has 2 atom stereocenters. The number of halogens is 4. The first-order chi connectivity index (χ1) is 12.5. The van der Waals surface area contributed by atoms with Gasteiger partial charge in [0.1, 0.15) is 11.1 Å². The summed E-state index contributed by atoms with van der Waals surface area (Å²) in [6.07, 6.45) is 0. The fourth-order valence-corrected chi connectivity index (χ4v) is 3.73. The topological polar surface area (TPSA) is 65.5 Å². The van der Waals surface area contributed by atoms with Crippen LogP contribution >= 0.6 is 27.5 Å². The fraction of sp³-hybridized carbons (Fsp3) is 0.353. The molecule has 0 radical (unpaired) electrons. The van der Waals surface area contributed by atoms with Gasteiger partial charge in [0.15, 0.2) is 0 Å². The van der Waals surface area contributed by atoms with Crippen LogP contribution in [0.2, 0.25) is 0 Å². The number of pyridine rings is 1. The van der Waals surface area contributed by atoms with Gasteiger partial charge in [-0.25, -0.2) is 0 Å². The third-order valence-corrected chi connectivity index (χ3v) is 5.12. The zero-order chi connectivity index (χ0) is 20.5. The van der Waals surface area contributed by atoms with Gasteiger partial charge in [-0.2, -0.15) is 13.8 Å². The normalized spacial score (nSPS) is 20.4. The van der Waals surface area contributed by atoms with Gasteiger partial charge in [0, 0.05) is 43.7 Å². The Morgan fingerprint density at radius 1 is 1.44 bits per heavy atom. The highest BCUT2D eigenvalue weighted by Gasteiger charge is 2.46. The molecule has 1 aliphatic heterocycles. The first-order valence-electron chi connectivity index (χ1n) is 7.84. The maximum atomic E-state index is 13.8. The lowest BCUT2D eigenvalue weighted by Crippen LogP contribution is -2.34. The van der Waals surface area contributed by atoms with E-state index in [4.69, 9.17) is 11.6 Å². The van der Waals surface area contributed by atoms with Gasteiger partial charge < -0.3 is 15.1 Å². The minimum atomic E-state index is -1.18. The summed E-state index contributed by atoms with van der Waals surface area (Å²) in [5.74, 6) is -5.14. The van der Waals surface area contributed by atoms with Gasteiger partial charge in [0.2, 0.25) is 23.7 Å². The van der Waals surface area contributed by atoms with Gasteiger partial charge >= 0.3 is 0 Å². The van der Waals surface area contributed by atoms with Gasteiger partial charge in [-0.1, -0.05) is 34.1 Å². The van der Waals surface area contributed by atoms with Crippen molar-refractivity contribution in [3.63, 3.8) is 0 Å². The number of amides is 2. The Balaban J connectivity index is 2.41. The monoisotopic (exact) mass is 462 g/mol. The van der Waals surface area contributed by atoms with Gasteiger partial charge in [0.25, 0.3) is 0 Å². The molecule has 1 N–H and O–H groups in total. The van der Waals surface area contributed by atoms with Crippen LogP contribution in [-0.2, 0) is 9.59 Å². The number of allylic oxidation sites excluding steroid dienone is 1. The van der Waals surface area contributed by atoms with Crippen LogP contribution in [0.15, 0.2) is 33.9 Å². The Morgan fingerprint density at radius 3 is 2.59 bits per heavy atom. The van der Waals surface area contributed by atoms with Crippen molar-refractivity contribution >= 4 is 45.0 Å². The minimum Gasteiger partial charge on any atom is -0.368 e. The molecule has 1 aromatic heterocycles. The highest BCUT2D eigenvalue weighted by Crippen LogP contribution is 2.39. The molecule has 2 rings (SSSR count). The minimum absolute atomic E-state index is 0.227. The summed E-state index contributed by atoms with van der Waals surface area (Å²) in [6, 6.07) is 1.95. The summed E-state index contributed by atoms with van der Waals surface area (Å²) in [7, 11) is 4.99. The van der Waals surface area contributed by atoms with E-state index in [1.54, 1.807) is 26.0 Å². The van der Waals surface area contributed by atoms with Crippen molar-refractivity contribution in [2.75, 3.05) is 33.0 Å². The number of nitrogens with zero attached hydrogens (tertiary/aromatic N) is 3. The van der Waals surface area contributed by atoms with Crippen LogP contribution in [0.25, 0.3) is 0 Å². The second kappa shape index (κ2) is 8.35. The number of carbonyl (C=O) groups excluding carboxylic acids is 2. The molecule has 2 heterocycles. The van der Waals surface area contributed by atoms with Crippen LogP contribution in [0.1, 0.15) is 0 Å². The van der Waals surface area contributed by atoms with Crippen LogP contribution in [0, 0.1) is 23.7 Å². The van der Waals surface area contributed by atoms with Crippen LogP contribution in [0.5, 0.6) is 0 Å². The molecule has 0 aliphatic carbocycles. The lowest BCUT2D eigenvalue weighted by Gasteiger charge is -2.23. The molecule has 0 unspecified atom stereocenters. The van der Waals surface area contributed by atoms with E-state index in [0.717, 1.165) is 12.1 Å². The molecule has 146 valence electrons. The molecular formula is C17H18BrClF2N4O2. The number of nitrogens with one attached hydrogen (secondary N) is 1. The van der Waals surface area contributed by atoms with Gasteiger partial charge in [-0.05, 0) is 12.1 Å². The SMILES string of the molecule is C=C(Br)/C(=C(/Cl)N(C)C)[C@H]1CN(C)C(=O)[C@@H]1C(=O)Nc1ccc(F)nc1F. The van der Waals surface area contributed by atoms with Gasteiger partial charge in [-0.3, -0.25) is 9.59 Å². The summed E-state index contributed by atoms with van der Waals surface area (Å²) in [4.78, 5) is 31.4. The van der Waals surface area contributed by atoms with Crippen LogP contribution in [0.3, 0.4) is 0 Å². The Hall–Kier alpha value is -2.00. The Labute approximate surface area is 169 Å². The van der Waals surface area contributed by atoms with Crippen molar-refractivity contribution in [3.05, 3.63) is 45.8 Å². The Bertz CT molecular complexity index is 831. The molecule has 27 heavy (non-hydrogen) atoms. The quantitative estimate of drug-likeness (QED) is 0.316. The molecule has 2 amide bonds. The predicted molar refractivity (Wildman–Crippen MR) is 102 cm³/mol. The number of anilines is 1. The number of carbonyl (C=O) groups is 2. The summed E-state index contributed by atoms with van der Waals surface area (Å²) in [5.41, 5.74) is 0.182. The average Bonchev–Trinajstić information content (AvgIpc) is 2.84. The van der Waals surface area contributed by atoms with Crippen LogP contribution in [0.4, 0.5) is 14.5 Å².